The molecule has 0 spiro atoms. The Bertz CT molecular complexity index is 1050. The fraction of sp³-hybridized carbons (Fsp3) is 0.240. The minimum atomic E-state index is 0.116. The molecule has 0 aliphatic carbocycles. The van der Waals surface area contributed by atoms with E-state index in [1.165, 1.54) is 7.11 Å². The Morgan fingerprint density at radius 2 is 1.58 bits per heavy atom. The van der Waals surface area contributed by atoms with Crippen LogP contribution in [0.2, 0.25) is 0 Å². The van der Waals surface area contributed by atoms with Gasteiger partial charge in [0.1, 0.15) is 0 Å². The Morgan fingerprint density at radius 3 is 2.32 bits per heavy atom. The van der Waals surface area contributed by atoms with Crippen LogP contribution in [0.15, 0.2) is 42.5 Å². The number of ether oxygens (including phenoxy) is 3. The van der Waals surface area contributed by atoms with Crippen molar-refractivity contribution in [2.75, 3.05) is 20.8 Å². The highest BCUT2D eigenvalue weighted by Crippen LogP contribution is 2.29. The lowest BCUT2D eigenvalue weighted by molar-refractivity contribution is 0.288. The molecule has 0 radical (unpaired) electrons. The lowest BCUT2D eigenvalue weighted by atomic mass is 10.1. The zero-order valence-electron chi connectivity index (χ0n) is 18.1. The number of hydrogen-bond donors (Lipinski definition) is 2. The minimum absolute atomic E-state index is 0.116. The summed E-state index contributed by atoms with van der Waals surface area (Å²) in [5.41, 5.74) is 3.58. The molecular weight excluding hydrogens is 392 g/mol. The number of nitrogens with one attached hydrogen (secondary N) is 1. The Balaban J connectivity index is 1.66. The third-order valence-corrected chi connectivity index (χ3v) is 4.67. The molecule has 0 amide bonds. The summed E-state index contributed by atoms with van der Waals surface area (Å²) in [6.45, 7) is 2.82. The number of aromatic hydroxyl groups is 1. The van der Waals surface area contributed by atoms with Gasteiger partial charge in [-0.25, -0.2) is 0 Å². The first-order chi connectivity index (χ1) is 15.1. The van der Waals surface area contributed by atoms with E-state index in [4.69, 9.17) is 14.2 Å². The van der Waals surface area contributed by atoms with Gasteiger partial charge in [-0.3, -0.25) is 5.10 Å². The molecule has 0 fully saturated rings. The molecule has 0 unspecified atom stereocenters. The van der Waals surface area contributed by atoms with Gasteiger partial charge in [-0.1, -0.05) is 37.6 Å². The van der Waals surface area contributed by atoms with E-state index in [1.807, 2.05) is 54.6 Å². The molecule has 1 heterocycles. The van der Waals surface area contributed by atoms with E-state index in [-0.39, 0.29) is 5.75 Å². The highest BCUT2D eigenvalue weighted by molar-refractivity contribution is 5.73. The van der Waals surface area contributed by atoms with Gasteiger partial charge in [0.05, 0.1) is 32.2 Å². The van der Waals surface area contributed by atoms with Crippen LogP contribution in [0.4, 0.5) is 0 Å². The molecule has 0 aliphatic heterocycles. The molecule has 0 saturated carbocycles. The molecule has 6 nitrogen and oxygen atoms in total. The molecule has 6 heteroatoms. The van der Waals surface area contributed by atoms with E-state index in [2.05, 4.69) is 17.1 Å². The van der Waals surface area contributed by atoms with Crippen LogP contribution in [0.3, 0.4) is 0 Å². The van der Waals surface area contributed by atoms with Crippen LogP contribution in [-0.2, 0) is 0 Å². The fourth-order valence-electron chi connectivity index (χ4n) is 2.92. The van der Waals surface area contributed by atoms with E-state index in [0.717, 1.165) is 41.1 Å². The zero-order chi connectivity index (χ0) is 22.1. The zero-order valence-corrected chi connectivity index (χ0v) is 18.1. The van der Waals surface area contributed by atoms with Gasteiger partial charge in [0.2, 0.25) is 0 Å². The quantitative estimate of drug-likeness (QED) is 0.414. The van der Waals surface area contributed by atoms with E-state index in [1.54, 1.807) is 19.2 Å². The summed E-state index contributed by atoms with van der Waals surface area (Å²) in [5, 5.41) is 17.0. The molecule has 1 aromatic heterocycles. The number of methoxy groups -OCH3 is 2. The third-order valence-electron chi connectivity index (χ3n) is 4.67. The van der Waals surface area contributed by atoms with Crippen molar-refractivity contribution in [3.63, 3.8) is 0 Å². The molecule has 0 saturated heterocycles. The summed E-state index contributed by atoms with van der Waals surface area (Å²) in [6, 6.07) is 13.0. The van der Waals surface area contributed by atoms with Crippen LogP contribution in [0, 0.1) is 0 Å². The van der Waals surface area contributed by atoms with Gasteiger partial charge in [0.15, 0.2) is 23.0 Å². The number of aromatic nitrogens is 2. The second-order valence-corrected chi connectivity index (χ2v) is 6.96. The lowest BCUT2D eigenvalue weighted by Crippen LogP contribution is -1.98. The van der Waals surface area contributed by atoms with Gasteiger partial charge >= 0.3 is 0 Å². The van der Waals surface area contributed by atoms with Crippen molar-refractivity contribution in [3.8, 4) is 23.0 Å². The highest BCUT2D eigenvalue weighted by atomic mass is 16.5. The van der Waals surface area contributed by atoms with Crippen molar-refractivity contribution in [1.29, 1.82) is 0 Å². The van der Waals surface area contributed by atoms with Crippen LogP contribution in [0.1, 0.15) is 42.3 Å². The number of H-pyrrole nitrogens is 1. The first-order valence-electron chi connectivity index (χ1n) is 10.2. The van der Waals surface area contributed by atoms with Gasteiger partial charge in [-0.05, 0) is 60.0 Å². The molecule has 162 valence electrons. The summed E-state index contributed by atoms with van der Waals surface area (Å²) in [4.78, 5) is 0. The fourth-order valence-corrected chi connectivity index (χ4v) is 2.92. The van der Waals surface area contributed by atoms with E-state index >= 15 is 0 Å². The van der Waals surface area contributed by atoms with E-state index in [9.17, 15) is 5.11 Å². The van der Waals surface area contributed by atoms with Gasteiger partial charge in [0, 0.05) is 0 Å². The van der Waals surface area contributed by atoms with E-state index < -0.39 is 0 Å². The number of phenols is 1. The van der Waals surface area contributed by atoms with Crippen LogP contribution < -0.4 is 14.2 Å². The average Bonchev–Trinajstić information content (AvgIpc) is 3.25. The summed E-state index contributed by atoms with van der Waals surface area (Å²) >= 11 is 0. The van der Waals surface area contributed by atoms with Crippen LogP contribution in [0.25, 0.3) is 24.3 Å². The molecule has 0 atom stereocenters. The Morgan fingerprint density at radius 1 is 0.871 bits per heavy atom. The largest absolute Gasteiger partial charge is 0.504 e. The maximum absolute atomic E-state index is 9.69. The van der Waals surface area contributed by atoms with Crippen molar-refractivity contribution < 1.29 is 19.3 Å². The number of hydrogen-bond acceptors (Lipinski definition) is 5. The number of benzene rings is 2. The molecule has 2 N–H and O–H groups in total. The van der Waals surface area contributed by atoms with Gasteiger partial charge in [-0.15, -0.1) is 0 Å². The molecule has 2 aromatic carbocycles. The van der Waals surface area contributed by atoms with Crippen LogP contribution >= 0.6 is 0 Å². The Hall–Kier alpha value is -3.67. The molecule has 3 rings (SSSR count). The summed E-state index contributed by atoms with van der Waals surface area (Å²) < 4.78 is 16.4. The molecule has 31 heavy (non-hydrogen) atoms. The maximum atomic E-state index is 9.69. The lowest BCUT2D eigenvalue weighted by Gasteiger charge is -2.10. The van der Waals surface area contributed by atoms with Crippen molar-refractivity contribution in [3.05, 3.63) is 65.0 Å². The summed E-state index contributed by atoms with van der Waals surface area (Å²) in [7, 11) is 3.17. The molecule has 0 bridgehead atoms. The number of unbranched alkanes of at least 4 members (excludes halogenated alkanes) is 1. The normalized spacial score (nSPS) is 11.3. The standard InChI is InChI=1S/C25H28N2O4/c1-4-5-14-31-23-13-9-19(16-25(23)30-3)7-11-21-17-20(26-27-21)10-6-18-8-12-22(28)24(15-18)29-2/h6-13,15-17,28H,4-5,14H2,1-3H3,(H,26,27)/b10-6+,11-7+. The summed E-state index contributed by atoms with van der Waals surface area (Å²) in [5.74, 6) is 2.03. The van der Waals surface area contributed by atoms with Gasteiger partial charge in [0.25, 0.3) is 0 Å². The first kappa shape index (κ1) is 22.0. The number of rotatable bonds is 10. The average molecular weight is 421 g/mol. The molecule has 3 aromatic rings. The van der Waals surface area contributed by atoms with Crippen molar-refractivity contribution >= 4 is 24.3 Å². The smallest absolute Gasteiger partial charge is 0.161 e. The maximum Gasteiger partial charge on any atom is 0.161 e. The first-order valence-corrected chi connectivity index (χ1v) is 10.2. The minimum Gasteiger partial charge on any atom is -0.504 e. The Kier molecular flexibility index (Phi) is 7.76. The predicted molar refractivity (Wildman–Crippen MR) is 124 cm³/mol. The second kappa shape index (κ2) is 10.9. The topological polar surface area (TPSA) is 76.6 Å². The number of nitrogens with zero attached hydrogens (tertiary/aromatic N) is 1. The number of phenolic OH excluding ortho intramolecular Hbond substituents is 1. The van der Waals surface area contributed by atoms with Gasteiger partial charge < -0.3 is 19.3 Å². The summed E-state index contributed by atoms with van der Waals surface area (Å²) in [6.07, 6.45) is 9.86. The number of aromatic amines is 1. The molecule has 0 aliphatic rings. The highest BCUT2D eigenvalue weighted by Gasteiger charge is 2.05. The van der Waals surface area contributed by atoms with Crippen molar-refractivity contribution in [2.45, 2.75) is 19.8 Å². The SMILES string of the molecule is CCCCOc1ccc(/C=C/c2cc(/C=C/c3ccc(O)c(OC)c3)[nH]n2)cc1OC. The van der Waals surface area contributed by atoms with Crippen LogP contribution in [-0.4, -0.2) is 36.1 Å². The second-order valence-electron chi connectivity index (χ2n) is 6.96. The van der Waals surface area contributed by atoms with Gasteiger partial charge in [-0.2, -0.15) is 5.10 Å². The third kappa shape index (κ3) is 6.15. The van der Waals surface area contributed by atoms with Crippen LogP contribution in [0.5, 0.6) is 23.0 Å². The monoisotopic (exact) mass is 420 g/mol. The van der Waals surface area contributed by atoms with Crippen molar-refractivity contribution in [2.24, 2.45) is 0 Å². The predicted octanol–water partition coefficient (Wildman–Crippen LogP) is 5.65. The van der Waals surface area contributed by atoms with E-state index in [0.29, 0.717) is 18.1 Å². The van der Waals surface area contributed by atoms with Crippen molar-refractivity contribution in [1.82, 2.24) is 10.2 Å². The molecular formula is C25H28N2O4. The Labute approximate surface area is 182 Å².